The summed E-state index contributed by atoms with van der Waals surface area (Å²) in [4.78, 5) is 37.5. The third-order valence-corrected chi connectivity index (χ3v) is 12.3. The van der Waals surface area contributed by atoms with E-state index in [1.807, 2.05) is 44.2 Å². The summed E-state index contributed by atoms with van der Waals surface area (Å²) >= 11 is 10.8. The van der Waals surface area contributed by atoms with Gasteiger partial charge >= 0.3 is 0 Å². The van der Waals surface area contributed by atoms with E-state index in [9.17, 15) is 14.7 Å². The zero-order valence-electron chi connectivity index (χ0n) is 29.7. The van der Waals surface area contributed by atoms with Crippen LogP contribution in [0.1, 0.15) is 79.0 Å². The molecule has 274 valence electrons. The summed E-state index contributed by atoms with van der Waals surface area (Å²) in [5, 5.41) is 21.0. The van der Waals surface area contributed by atoms with E-state index in [2.05, 4.69) is 56.1 Å². The van der Waals surface area contributed by atoms with Crippen molar-refractivity contribution in [2.24, 2.45) is 11.8 Å². The van der Waals surface area contributed by atoms with Crippen molar-refractivity contribution in [3.8, 4) is 28.5 Å². The van der Waals surface area contributed by atoms with Gasteiger partial charge < -0.3 is 34.6 Å². The minimum absolute atomic E-state index is 0.156. The zero-order valence-corrected chi connectivity index (χ0v) is 32.1. The molecule has 10 bridgehead atoms. The number of carbonyl (C=O) groups excluding carboxylic acids is 2. The fourth-order valence-corrected chi connectivity index (χ4v) is 9.52. The number of hydrogen-bond acceptors (Lipinski definition) is 9. The lowest BCUT2D eigenvalue weighted by atomic mass is 9.72. The largest absolute Gasteiger partial charge is 0.469 e. The van der Waals surface area contributed by atoms with Crippen LogP contribution >= 0.6 is 27.5 Å². The number of para-hydroxylation sites is 1. The van der Waals surface area contributed by atoms with E-state index in [0.717, 1.165) is 50.2 Å². The molecule has 2 aromatic heterocycles. The Morgan fingerprint density at radius 3 is 2.63 bits per heavy atom. The molecule has 5 atom stereocenters. The fourth-order valence-electron chi connectivity index (χ4n) is 8.76. The van der Waals surface area contributed by atoms with Gasteiger partial charge in [0, 0.05) is 45.8 Å². The number of nitrogens with zero attached hydrogens (tertiary/aromatic N) is 2. The smallest absolute Gasteiger partial charge is 0.250 e. The number of halogens is 2. The van der Waals surface area contributed by atoms with E-state index in [4.69, 9.17) is 35.1 Å². The summed E-state index contributed by atoms with van der Waals surface area (Å²) in [6.45, 7) is 7.42. The SMILES string of the molecule is CC(C)[C@H](O)C(=O)NC1Cc2ccc3c(c2)C24c5cccc(c5N[C@H]2O3)-c2cccc3c2C(=C(Cl)C3)c2oc(nc2Br)-c2nc(oc24)[C@H](C(C)C)NC1=O. The van der Waals surface area contributed by atoms with Gasteiger partial charge in [-0.05, 0) is 56.1 Å². The molecule has 10 rings (SSSR count). The van der Waals surface area contributed by atoms with Crippen molar-refractivity contribution in [3.05, 3.63) is 109 Å². The quantitative estimate of drug-likeness (QED) is 0.151. The van der Waals surface area contributed by atoms with Crippen LogP contribution in [0.4, 0.5) is 5.69 Å². The van der Waals surface area contributed by atoms with Crippen molar-refractivity contribution in [1.82, 2.24) is 20.6 Å². The average Bonchev–Trinajstić information content (AvgIpc) is 3.94. The second kappa shape index (κ2) is 11.8. The predicted molar refractivity (Wildman–Crippen MR) is 204 cm³/mol. The van der Waals surface area contributed by atoms with Gasteiger partial charge in [-0.25, -0.2) is 9.97 Å². The predicted octanol–water partition coefficient (Wildman–Crippen LogP) is 6.98. The molecule has 1 aliphatic carbocycles. The third kappa shape index (κ3) is 4.56. The number of allylic oxidation sites excluding steroid dienone is 1. The third-order valence-electron chi connectivity index (χ3n) is 11.4. The summed E-state index contributed by atoms with van der Waals surface area (Å²) in [7, 11) is 0. The number of anilines is 1. The summed E-state index contributed by atoms with van der Waals surface area (Å²) in [5.41, 5.74) is 7.38. The van der Waals surface area contributed by atoms with Gasteiger partial charge in [-0.1, -0.05) is 87.8 Å². The first-order chi connectivity index (χ1) is 25.9. The monoisotopic (exact) mass is 807 g/mol. The summed E-state index contributed by atoms with van der Waals surface area (Å²) < 4.78 is 21.0. The maximum absolute atomic E-state index is 14.2. The minimum Gasteiger partial charge on any atom is -0.469 e. The number of benzene rings is 3. The Labute approximate surface area is 323 Å². The molecule has 1 spiro atoms. The van der Waals surface area contributed by atoms with E-state index in [-0.39, 0.29) is 30.0 Å². The van der Waals surface area contributed by atoms with Crippen LogP contribution in [0.3, 0.4) is 0 Å². The Bertz CT molecular complexity index is 2500. The molecule has 13 heteroatoms. The Kier molecular flexibility index (Phi) is 7.35. The molecule has 2 amide bonds. The molecule has 0 saturated carbocycles. The van der Waals surface area contributed by atoms with Crippen molar-refractivity contribution in [2.45, 2.75) is 70.4 Å². The van der Waals surface area contributed by atoms with E-state index in [0.29, 0.717) is 39.0 Å². The molecule has 3 aromatic carbocycles. The number of aliphatic hydroxyl groups is 1. The van der Waals surface area contributed by atoms with Gasteiger partial charge in [-0.15, -0.1) is 0 Å². The maximum Gasteiger partial charge on any atom is 0.250 e. The molecule has 4 aliphatic heterocycles. The topological polar surface area (TPSA) is 152 Å². The summed E-state index contributed by atoms with van der Waals surface area (Å²) in [6.07, 6.45) is -1.25. The van der Waals surface area contributed by atoms with Gasteiger partial charge in [0.1, 0.15) is 29.4 Å². The van der Waals surface area contributed by atoms with Crippen LogP contribution in [-0.2, 0) is 27.8 Å². The van der Waals surface area contributed by atoms with Gasteiger partial charge in [0.25, 0.3) is 5.89 Å². The number of amides is 2. The Morgan fingerprint density at radius 2 is 1.83 bits per heavy atom. The first kappa shape index (κ1) is 33.6. The molecule has 2 unspecified atom stereocenters. The number of ether oxygens (including phenoxy) is 1. The molecule has 6 heterocycles. The highest BCUT2D eigenvalue weighted by atomic mass is 79.9. The standard InChI is InChI=1S/C41H35BrClN5O6/c1-16(2)29-38-46-31-34(54-38)41-22-10-6-9-21(20-8-5-7-19-15-24(43)28(27(19)20)33-35(42)48-39(31)53-33)30(22)47-40(41)52-26-12-11-18(13-23(26)41)14-25(36(50)45-29)44-37(51)32(49)17(3)4/h5-13,16-17,25,29,32,40,47,49H,14-15H2,1-4H3,(H,44,51)(H,45,50)/t25?,29-,32-,40-,41?/m0/s1. The zero-order chi connectivity index (χ0) is 37.4. The number of rotatable bonds is 4. The Hall–Kier alpha value is -4.91. The molecule has 0 saturated heterocycles. The van der Waals surface area contributed by atoms with Crippen molar-refractivity contribution in [2.75, 3.05) is 5.32 Å². The van der Waals surface area contributed by atoms with Gasteiger partial charge in [-0.2, -0.15) is 0 Å². The van der Waals surface area contributed by atoms with E-state index >= 15 is 0 Å². The van der Waals surface area contributed by atoms with Crippen LogP contribution in [0, 0.1) is 11.8 Å². The number of hydrogen-bond donors (Lipinski definition) is 4. The van der Waals surface area contributed by atoms with Gasteiger partial charge in [0.2, 0.25) is 17.7 Å². The fraction of sp³-hybridized carbons (Fsp3) is 0.317. The number of aliphatic hydroxyl groups excluding tert-OH is 1. The summed E-state index contributed by atoms with van der Waals surface area (Å²) in [6, 6.07) is 16.5. The number of nitrogens with one attached hydrogen (secondary N) is 3. The van der Waals surface area contributed by atoms with Crippen molar-refractivity contribution >= 4 is 50.6 Å². The minimum atomic E-state index is -1.29. The second-order valence-corrected chi connectivity index (χ2v) is 16.6. The molecule has 4 N–H and O–H groups in total. The first-order valence-electron chi connectivity index (χ1n) is 18.1. The molecule has 5 aromatic rings. The Morgan fingerprint density at radius 1 is 1.04 bits per heavy atom. The van der Waals surface area contributed by atoms with E-state index in [1.165, 1.54) is 0 Å². The highest BCUT2D eigenvalue weighted by molar-refractivity contribution is 9.10. The lowest BCUT2D eigenvalue weighted by Gasteiger charge is -2.29. The molecule has 0 fully saturated rings. The van der Waals surface area contributed by atoms with Crippen LogP contribution in [0.2, 0.25) is 0 Å². The van der Waals surface area contributed by atoms with Crippen molar-refractivity contribution < 1.29 is 28.3 Å². The number of oxazole rings is 2. The molecule has 54 heavy (non-hydrogen) atoms. The molecular formula is C41H35BrClN5O6. The summed E-state index contributed by atoms with van der Waals surface area (Å²) in [5.74, 6) is 0.418. The average molecular weight is 809 g/mol. The normalized spacial score (nSPS) is 23.2. The Balaban J connectivity index is 1.29. The van der Waals surface area contributed by atoms with Crippen LogP contribution in [-0.4, -0.2) is 45.3 Å². The first-order valence-corrected chi connectivity index (χ1v) is 19.3. The molecule has 11 nitrogen and oxygen atoms in total. The second-order valence-electron chi connectivity index (χ2n) is 15.4. The lowest BCUT2D eigenvalue weighted by molar-refractivity contribution is -0.135. The van der Waals surface area contributed by atoms with Crippen LogP contribution < -0.4 is 20.7 Å². The highest BCUT2D eigenvalue weighted by Crippen LogP contribution is 2.62. The maximum atomic E-state index is 14.2. The van der Waals surface area contributed by atoms with Crippen LogP contribution in [0.15, 0.2) is 73.1 Å². The molecular weight excluding hydrogens is 774 g/mol. The van der Waals surface area contributed by atoms with E-state index < -0.39 is 41.6 Å². The number of carbonyl (C=O) groups is 2. The highest BCUT2D eigenvalue weighted by Gasteiger charge is 2.62. The molecule has 0 radical (unpaired) electrons. The van der Waals surface area contributed by atoms with E-state index in [1.54, 1.807) is 13.8 Å². The number of fused-ring (bicyclic) bond motifs is 7. The lowest BCUT2D eigenvalue weighted by Crippen LogP contribution is -2.52. The van der Waals surface area contributed by atoms with Gasteiger partial charge in [0.15, 0.2) is 28.0 Å². The molecule has 5 aliphatic rings. The van der Waals surface area contributed by atoms with Crippen LogP contribution in [0.5, 0.6) is 5.75 Å². The van der Waals surface area contributed by atoms with Crippen LogP contribution in [0.25, 0.3) is 28.3 Å². The number of aromatic nitrogens is 2. The van der Waals surface area contributed by atoms with Crippen molar-refractivity contribution in [1.29, 1.82) is 0 Å². The van der Waals surface area contributed by atoms with Gasteiger partial charge in [0.05, 0.1) is 0 Å². The van der Waals surface area contributed by atoms with Crippen molar-refractivity contribution in [3.63, 3.8) is 0 Å². The van der Waals surface area contributed by atoms with Gasteiger partial charge in [-0.3, -0.25) is 9.59 Å².